The summed E-state index contributed by atoms with van der Waals surface area (Å²) in [7, 11) is 0. The molecule has 8 nitrogen and oxygen atoms in total. The van der Waals surface area contributed by atoms with Crippen molar-refractivity contribution in [1.82, 2.24) is 30.2 Å². The molecular formula is C21H24Cl2N6O2. The quantitative estimate of drug-likeness (QED) is 0.614. The minimum absolute atomic E-state index is 0. The van der Waals surface area contributed by atoms with Gasteiger partial charge in [0.15, 0.2) is 0 Å². The van der Waals surface area contributed by atoms with Gasteiger partial charge in [0, 0.05) is 61.2 Å². The van der Waals surface area contributed by atoms with Crippen molar-refractivity contribution in [2.24, 2.45) is 0 Å². The fourth-order valence-electron chi connectivity index (χ4n) is 3.59. The van der Waals surface area contributed by atoms with Gasteiger partial charge in [-0.3, -0.25) is 19.6 Å². The molecule has 10 heteroatoms. The van der Waals surface area contributed by atoms with Crippen LogP contribution in [0.1, 0.15) is 22.9 Å². The lowest BCUT2D eigenvalue weighted by molar-refractivity contribution is -0.133. The summed E-state index contributed by atoms with van der Waals surface area (Å²) in [5.74, 6) is 0.383. The molecule has 1 aliphatic rings. The van der Waals surface area contributed by atoms with Gasteiger partial charge in [-0.15, -0.1) is 24.8 Å². The molecule has 0 aliphatic carbocycles. The van der Waals surface area contributed by atoms with E-state index in [1.54, 1.807) is 43.8 Å². The van der Waals surface area contributed by atoms with Crippen LogP contribution < -0.4 is 10.9 Å². The van der Waals surface area contributed by atoms with E-state index in [-0.39, 0.29) is 48.7 Å². The summed E-state index contributed by atoms with van der Waals surface area (Å²) < 4.78 is 0. The van der Waals surface area contributed by atoms with Crippen LogP contribution in [0.25, 0.3) is 11.4 Å². The zero-order valence-electron chi connectivity index (χ0n) is 16.9. The number of carbonyl (C=O) groups is 1. The van der Waals surface area contributed by atoms with Crippen LogP contribution in [0.4, 0.5) is 0 Å². The predicted molar refractivity (Wildman–Crippen MR) is 123 cm³/mol. The molecule has 1 fully saturated rings. The van der Waals surface area contributed by atoms with E-state index < -0.39 is 0 Å². The molecule has 0 aromatic carbocycles. The Morgan fingerprint density at radius 3 is 2.61 bits per heavy atom. The number of hydrogen-bond acceptors (Lipinski definition) is 6. The van der Waals surface area contributed by atoms with Gasteiger partial charge >= 0.3 is 0 Å². The van der Waals surface area contributed by atoms with E-state index in [1.807, 2.05) is 17.0 Å². The summed E-state index contributed by atoms with van der Waals surface area (Å²) in [4.78, 5) is 43.1. The minimum Gasteiger partial charge on any atom is -0.333 e. The summed E-state index contributed by atoms with van der Waals surface area (Å²) in [6, 6.07) is 7.29. The van der Waals surface area contributed by atoms with Crippen molar-refractivity contribution in [1.29, 1.82) is 0 Å². The number of halogens is 2. The summed E-state index contributed by atoms with van der Waals surface area (Å²) in [5.41, 5.74) is 2.42. The number of nitrogens with zero attached hydrogens (tertiary/aromatic N) is 4. The number of nitrogens with one attached hydrogen (secondary N) is 2. The van der Waals surface area contributed by atoms with Crippen LogP contribution in [0, 0.1) is 6.92 Å². The normalized spacial score (nSPS) is 15.5. The van der Waals surface area contributed by atoms with Crippen LogP contribution in [0.2, 0.25) is 0 Å². The average molecular weight is 463 g/mol. The van der Waals surface area contributed by atoms with Crippen LogP contribution in [-0.4, -0.2) is 50.4 Å². The Hall–Kier alpha value is -2.81. The number of aromatic amines is 1. The first-order valence-electron chi connectivity index (χ1n) is 9.54. The molecule has 3 aromatic rings. The van der Waals surface area contributed by atoms with Crippen LogP contribution in [-0.2, 0) is 11.2 Å². The van der Waals surface area contributed by atoms with Crippen molar-refractivity contribution < 1.29 is 4.79 Å². The van der Waals surface area contributed by atoms with E-state index in [1.165, 1.54) is 0 Å². The maximum atomic E-state index is 13.1. The van der Waals surface area contributed by atoms with E-state index in [9.17, 15) is 9.59 Å². The molecule has 1 saturated heterocycles. The van der Waals surface area contributed by atoms with Crippen molar-refractivity contribution >= 4 is 30.7 Å². The Bertz CT molecular complexity index is 1060. The molecule has 1 amide bonds. The summed E-state index contributed by atoms with van der Waals surface area (Å²) in [6.45, 7) is 3.72. The predicted octanol–water partition coefficient (Wildman–Crippen LogP) is 2.09. The smallest absolute Gasteiger partial charge is 0.255 e. The van der Waals surface area contributed by atoms with Crippen LogP contribution in [0.5, 0.6) is 0 Å². The molecule has 1 unspecified atom stereocenters. The Balaban J connectivity index is 0.00000171. The van der Waals surface area contributed by atoms with Crippen LogP contribution >= 0.6 is 24.8 Å². The highest BCUT2D eigenvalue weighted by Gasteiger charge is 2.29. The Morgan fingerprint density at radius 2 is 1.94 bits per heavy atom. The highest BCUT2D eigenvalue weighted by Crippen LogP contribution is 2.22. The maximum Gasteiger partial charge on any atom is 0.255 e. The molecule has 1 atom stereocenters. The third-order valence-electron chi connectivity index (χ3n) is 5.14. The fourth-order valence-corrected chi connectivity index (χ4v) is 3.59. The van der Waals surface area contributed by atoms with Crippen molar-refractivity contribution in [3.05, 3.63) is 76.2 Å². The minimum atomic E-state index is -0.286. The molecular weight excluding hydrogens is 439 g/mol. The van der Waals surface area contributed by atoms with Crippen molar-refractivity contribution in [2.45, 2.75) is 19.4 Å². The third kappa shape index (κ3) is 5.46. The van der Waals surface area contributed by atoms with E-state index in [0.29, 0.717) is 30.2 Å². The van der Waals surface area contributed by atoms with E-state index in [2.05, 4.69) is 25.3 Å². The number of aryl methyl sites for hydroxylation is 1. The van der Waals surface area contributed by atoms with E-state index >= 15 is 0 Å². The second-order valence-electron chi connectivity index (χ2n) is 6.98. The summed E-state index contributed by atoms with van der Waals surface area (Å²) >= 11 is 0. The van der Waals surface area contributed by atoms with Gasteiger partial charge in [-0.05, 0) is 30.7 Å². The molecule has 0 spiro atoms. The number of aromatic nitrogens is 4. The second kappa shape index (κ2) is 11.0. The highest BCUT2D eigenvalue weighted by molar-refractivity contribution is 5.85. The molecule has 0 radical (unpaired) electrons. The van der Waals surface area contributed by atoms with Gasteiger partial charge in [0.2, 0.25) is 5.91 Å². The van der Waals surface area contributed by atoms with Gasteiger partial charge in [-0.2, -0.15) is 0 Å². The first-order valence-corrected chi connectivity index (χ1v) is 9.54. The van der Waals surface area contributed by atoms with Crippen molar-refractivity contribution in [3.63, 3.8) is 0 Å². The lowest BCUT2D eigenvalue weighted by atomic mass is 10.0. The number of pyridine rings is 2. The topological polar surface area (TPSA) is 104 Å². The van der Waals surface area contributed by atoms with Crippen molar-refractivity contribution in [2.75, 3.05) is 19.6 Å². The SMILES string of the molecule is Cc1nc(-c2ccncc2)[nH]c(=O)c1CC(=O)N1CCNCC1c1cccnc1.Cl.Cl. The summed E-state index contributed by atoms with van der Waals surface area (Å²) in [5, 5.41) is 3.32. The number of amides is 1. The lowest BCUT2D eigenvalue weighted by Crippen LogP contribution is -2.49. The zero-order chi connectivity index (χ0) is 20.2. The molecule has 31 heavy (non-hydrogen) atoms. The first kappa shape index (κ1) is 24.5. The van der Waals surface area contributed by atoms with Crippen LogP contribution in [0.3, 0.4) is 0 Å². The number of hydrogen-bond donors (Lipinski definition) is 2. The molecule has 4 rings (SSSR count). The Kier molecular flexibility index (Phi) is 8.67. The van der Waals surface area contributed by atoms with E-state index in [0.717, 1.165) is 17.7 Å². The zero-order valence-corrected chi connectivity index (χ0v) is 18.6. The summed E-state index contributed by atoms with van der Waals surface area (Å²) in [6.07, 6.45) is 6.80. The number of rotatable bonds is 4. The standard InChI is InChI=1S/C21H22N6O2.2ClH/c1-14-17(21(29)26-20(25-14)15-4-7-22-8-5-15)11-19(28)27-10-9-24-13-18(27)16-3-2-6-23-12-16;;/h2-8,12,18,24H,9-11,13H2,1H3,(H,25,26,29);2*1H. The lowest BCUT2D eigenvalue weighted by Gasteiger charge is -2.36. The van der Waals surface area contributed by atoms with E-state index in [4.69, 9.17) is 0 Å². The Morgan fingerprint density at radius 1 is 1.16 bits per heavy atom. The van der Waals surface area contributed by atoms with Gasteiger partial charge in [0.25, 0.3) is 5.56 Å². The monoisotopic (exact) mass is 462 g/mol. The van der Waals surface area contributed by atoms with Gasteiger partial charge in [-0.25, -0.2) is 4.98 Å². The largest absolute Gasteiger partial charge is 0.333 e. The molecule has 1 aliphatic heterocycles. The Labute approximate surface area is 192 Å². The molecule has 2 N–H and O–H groups in total. The number of H-pyrrole nitrogens is 1. The molecule has 164 valence electrons. The van der Waals surface area contributed by atoms with Gasteiger partial charge in [-0.1, -0.05) is 6.07 Å². The average Bonchev–Trinajstić information content (AvgIpc) is 2.77. The van der Waals surface area contributed by atoms with Crippen LogP contribution in [0.15, 0.2) is 53.8 Å². The second-order valence-corrected chi connectivity index (χ2v) is 6.98. The first-order chi connectivity index (χ1) is 14.1. The molecule has 3 aromatic heterocycles. The maximum absolute atomic E-state index is 13.1. The van der Waals surface area contributed by atoms with Crippen molar-refractivity contribution in [3.8, 4) is 11.4 Å². The number of piperazine rings is 1. The number of carbonyl (C=O) groups excluding carboxylic acids is 1. The molecule has 0 bridgehead atoms. The van der Waals surface area contributed by atoms with Gasteiger partial charge < -0.3 is 15.2 Å². The molecule has 4 heterocycles. The highest BCUT2D eigenvalue weighted by atomic mass is 35.5. The molecule has 0 saturated carbocycles. The van der Waals surface area contributed by atoms with Gasteiger partial charge in [0.05, 0.1) is 12.5 Å². The fraction of sp³-hybridized carbons (Fsp3) is 0.286. The third-order valence-corrected chi connectivity index (χ3v) is 5.14. The van der Waals surface area contributed by atoms with Gasteiger partial charge in [0.1, 0.15) is 5.82 Å².